The van der Waals surface area contributed by atoms with E-state index in [4.69, 9.17) is 9.47 Å². The van der Waals surface area contributed by atoms with Crippen molar-refractivity contribution in [2.75, 3.05) is 33.9 Å². The summed E-state index contributed by atoms with van der Waals surface area (Å²) in [6.45, 7) is 7.01. The van der Waals surface area contributed by atoms with E-state index < -0.39 is 0 Å². The van der Waals surface area contributed by atoms with E-state index in [9.17, 15) is 4.79 Å². The molecule has 4 nitrogen and oxygen atoms in total. The van der Waals surface area contributed by atoms with Gasteiger partial charge in [-0.15, -0.1) is 0 Å². The molecule has 224 valence electrons. The van der Waals surface area contributed by atoms with Gasteiger partial charge in [-0.3, -0.25) is 4.79 Å². The van der Waals surface area contributed by atoms with Gasteiger partial charge in [0.25, 0.3) is 0 Å². The van der Waals surface area contributed by atoms with Crippen LogP contribution in [0.5, 0.6) is 5.75 Å². The number of quaternary nitrogens is 1. The smallest absolute Gasteiger partial charge is 0.314 e. The topological polar surface area (TPSA) is 35.5 Å². The number of carbonyl (C=O) groups is 1. The van der Waals surface area contributed by atoms with Crippen molar-refractivity contribution in [3.63, 3.8) is 0 Å². The number of carbonyl (C=O) groups excluding carboxylic acids is 1. The molecular weight excluding hydrogens is 494 g/mol. The van der Waals surface area contributed by atoms with Crippen LogP contribution in [0.1, 0.15) is 108 Å². The first-order valence-electron chi connectivity index (χ1n) is 16.1. The Morgan fingerprint density at radius 3 is 1.90 bits per heavy atom. The predicted molar refractivity (Wildman–Crippen MR) is 169 cm³/mol. The molecule has 2 aromatic rings. The molecule has 2 rings (SSSR count). The van der Waals surface area contributed by atoms with Crippen LogP contribution in [-0.2, 0) is 22.5 Å². The molecule has 0 saturated carbocycles. The molecule has 2 aromatic carbocycles. The number of rotatable bonds is 23. The van der Waals surface area contributed by atoms with Crippen molar-refractivity contribution in [1.29, 1.82) is 0 Å². The van der Waals surface area contributed by atoms with E-state index in [2.05, 4.69) is 69.6 Å². The van der Waals surface area contributed by atoms with E-state index in [0.29, 0.717) is 13.2 Å². The summed E-state index contributed by atoms with van der Waals surface area (Å²) < 4.78 is 12.2. The molecule has 0 spiro atoms. The lowest BCUT2D eigenvalue weighted by atomic mass is 10.0. The maximum absolute atomic E-state index is 12.5. The Morgan fingerprint density at radius 1 is 0.700 bits per heavy atom. The predicted octanol–water partition coefficient (Wildman–Crippen LogP) is 9.16. The first kappa shape index (κ1) is 33.9. The van der Waals surface area contributed by atoms with Crippen LogP contribution in [0.25, 0.3) is 0 Å². The van der Waals surface area contributed by atoms with Gasteiger partial charge in [0.1, 0.15) is 18.2 Å². The van der Waals surface area contributed by atoms with Crippen molar-refractivity contribution < 1.29 is 18.8 Å². The SMILES string of the molecule is CCCCCCCCCCCCCc1ccc(OCCCCOC(=O)C(C)C[N+](C)(C)Cc2ccccc2)cc1. The molecule has 1 atom stereocenters. The first-order valence-corrected chi connectivity index (χ1v) is 16.1. The van der Waals surface area contributed by atoms with Crippen molar-refractivity contribution in [2.45, 2.75) is 110 Å². The standard InChI is InChI=1S/C36H58NO3/c1-5-6-7-8-9-10-11-12-13-14-16-21-33-24-26-35(27-25-33)39-28-19-20-29-40-36(38)32(2)30-37(3,4)31-34-22-17-15-18-23-34/h15,17-18,22-27,32H,5-14,16,19-21,28-31H2,1-4H3/q+1. The first-order chi connectivity index (χ1) is 19.4. The lowest BCUT2D eigenvalue weighted by molar-refractivity contribution is -0.905. The molecule has 0 aromatic heterocycles. The minimum Gasteiger partial charge on any atom is -0.494 e. The number of unbranched alkanes of at least 4 members (excludes halogenated alkanes) is 11. The third kappa shape index (κ3) is 16.1. The van der Waals surface area contributed by atoms with Gasteiger partial charge in [0.15, 0.2) is 0 Å². The summed E-state index contributed by atoms with van der Waals surface area (Å²) >= 11 is 0. The van der Waals surface area contributed by atoms with Crippen LogP contribution in [-0.4, -0.2) is 44.3 Å². The number of aryl methyl sites for hydroxylation is 1. The van der Waals surface area contributed by atoms with Gasteiger partial charge in [-0.1, -0.05) is 114 Å². The minimum absolute atomic E-state index is 0.103. The van der Waals surface area contributed by atoms with E-state index >= 15 is 0 Å². The average molecular weight is 553 g/mol. The summed E-state index contributed by atoms with van der Waals surface area (Å²) in [7, 11) is 4.33. The molecule has 0 N–H and O–H groups in total. The highest BCUT2D eigenvalue weighted by atomic mass is 16.5. The monoisotopic (exact) mass is 552 g/mol. The Kier molecular flexibility index (Phi) is 17.4. The summed E-state index contributed by atoms with van der Waals surface area (Å²) in [5.41, 5.74) is 2.68. The lowest BCUT2D eigenvalue weighted by Crippen LogP contribution is -2.44. The maximum atomic E-state index is 12.5. The van der Waals surface area contributed by atoms with Crippen LogP contribution < -0.4 is 4.74 Å². The van der Waals surface area contributed by atoms with Gasteiger partial charge in [-0.05, 0) is 50.3 Å². The highest BCUT2D eigenvalue weighted by molar-refractivity contribution is 5.72. The average Bonchev–Trinajstić information content (AvgIpc) is 2.94. The quantitative estimate of drug-likeness (QED) is 0.0783. The number of hydrogen-bond acceptors (Lipinski definition) is 3. The highest BCUT2D eigenvalue weighted by Crippen LogP contribution is 2.17. The maximum Gasteiger partial charge on any atom is 0.314 e. The molecule has 40 heavy (non-hydrogen) atoms. The Balaban J connectivity index is 1.47. The normalized spacial score (nSPS) is 12.3. The number of ether oxygens (including phenoxy) is 2. The molecule has 0 heterocycles. The Labute approximate surface area is 246 Å². The summed E-state index contributed by atoms with van der Waals surface area (Å²) in [5.74, 6) is 0.693. The fraction of sp³-hybridized carbons (Fsp3) is 0.639. The summed E-state index contributed by atoms with van der Waals surface area (Å²) in [5, 5.41) is 0. The van der Waals surface area contributed by atoms with Gasteiger partial charge in [-0.2, -0.15) is 0 Å². The molecule has 0 aliphatic rings. The van der Waals surface area contributed by atoms with Gasteiger partial charge >= 0.3 is 5.97 Å². The second kappa shape index (κ2) is 20.5. The number of esters is 1. The zero-order valence-corrected chi connectivity index (χ0v) is 26.2. The minimum atomic E-state index is -0.126. The van der Waals surface area contributed by atoms with Gasteiger partial charge in [-0.25, -0.2) is 0 Å². The van der Waals surface area contributed by atoms with Gasteiger partial charge in [0.05, 0.1) is 33.9 Å². The van der Waals surface area contributed by atoms with E-state index in [0.717, 1.165) is 42.6 Å². The summed E-state index contributed by atoms with van der Waals surface area (Å²) in [6, 6.07) is 19.0. The largest absolute Gasteiger partial charge is 0.494 e. The van der Waals surface area contributed by atoms with Crippen molar-refractivity contribution in [2.24, 2.45) is 5.92 Å². The Hall–Kier alpha value is -2.33. The number of nitrogens with zero attached hydrogens (tertiary/aromatic N) is 1. The van der Waals surface area contributed by atoms with Crippen molar-refractivity contribution in [3.8, 4) is 5.75 Å². The Morgan fingerprint density at radius 2 is 1.27 bits per heavy atom. The van der Waals surface area contributed by atoms with Crippen LogP contribution in [0, 0.1) is 5.92 Å². The second-order valence-corrected chi connectivity index (χ2v) is 12.3. The molecule has 1 unspecified atom stereocenters. The van der Waals surface area contributed by atoms with Crippen LogP contribution >= 0.6 is 0 Å². The van der Waals surface area contributed by atoms with Crippen LogP contribution in [0.2, 0.25) is 0 Å². The van der Waals surface area contributed by atoms with Crippen molar-refractivity contribution in [3.05, 3.63) is 65.7 Å². The Bertz CT molecular complexity index is 894. The number of benzene rings is 2. The highest BCUT2D eigenvalue weighted by Gasteiger charge is 2.25. The van der Waals surface area contributed by atoms with Gasteiger partial charge in [0, 0.05) is 5.56 Å². The molecule has 0 bridgehead atoms. The van der Waals surface area contributed by atoms with Crippen LogP contribution in [0.15, 0.2) is 54.6 Å². The molecular formula is C36H58NO3+. The van der Waals surface area contributed by atoms with Crippen LogP contribution in [0.3, 0.4) is 0 Å². The molecule has 4 heteroatoms. The summed E-state index contributed by atoms with van der Waals surface area (Å²) in [4.78, 5) is 12.5. The van der Waals surface area contributed by atoms with E-state index in [1.807, 2.05) is 13.0 Å². The number of hydrogen-bond donors (Lipinski definition) is 0. The lowest BCUT2D eigenvalue weighted by Gasteiger charge is -2.31. The molecule has 0 aliphatic carbocycles. The van der Waals surface area contributed by atoms with Crippen molar-refractivity contribution >= 4 is 5.97 Å². The third-order valence-corrected chi connectivity index (χ3v) is 7.67. The fourth-order valence-electron chi connectivity index (χ4n) is 5.41. The molecule has 0 radical (unpaired) electrons. The van der Waals surface area contributed by atoms with E-state index in [-0.39, 0.29) is 11.9 Å². The third-order valence-electron chi connectivity index (χ3n) is 7.67. The zero-order chi connectivity index (χ0) is 28.9. The second-order valence-electron chi connectivity index (χ2n) is 12.3. The van der Waals surface area contributed by atoms with Crippen LogP contribution in [0.4, 0.5) is 0 Å². The molecule has 0 fully saturated rings. The summed E-state index contributed by atoms with van der Waals surface area (Å²) in [6.07, 6.45) is 18.1. The fourth-order valence-corrected chi connectivity index (χ4v) is 5.41. The van der Waals surface area contributed by atoms with E-state index in [1.54, 1.807) is 0 Å². The molecule has 0 aliphatic heterocycles. The molecule has 0 saturated heterocycles. The van der Waals surface area contributed by atoms with Gasteiger partial charge < -0.3 is 14.0 Å². The van der Waals surface area contributed by atoms with E-state index in [1.165, 1.54) is 81.8 Å². The van der Waals surface area contributed by atoms with Gasteiger partial charge in [0.2, 0.25) is 0 Å². The van der Waals surface area contributed by atoms with Crippen molar-refractivity contribution in [1.82, 2.24) is 0 Å². The zero-order valence-electron chi connectivity index (χ0n) is 26.2. The molecule has 0 amide bonds.